The van der Waals surface area contributed by atoms with E-state index in [1.54, 1.807) is 6.07 Å². The van der Waals surface area contributed by atoms with Crippen LogP contribution in [0.25, 0.3) is 16.6 Å². The summed E-state index contributed by atoms with van der Waals surface area (Å²) in [7, 11) is 0. The summed E-state index contributed by atoms with van der Waals surface area (Å²) in [6, 6.07) is 7.70. The molecule has 1 aromatic heterocycles. The quantitative estimate of drug-likeness (QED) is 0.787. The number of halogens is 3. The van der Waals surface area contributed by atoms with Crippen molar-refractivity contribution in [2.75, 3.05) is 13.1 Å². The number of ether oxygens (including phenoxy) is 1. The Bertz CT molecular complexity index is 919. The molecule has 0 radical (unpaired) electrons. The van der Waals surface area contributed by atoms with Crippen LogP contribution in [-0.2, 0) is 0 Å². The maximum Gasteiger partial charge on any atom is 0.241 e. The Morgan fingerprint density at radius 2 is 1.80 bits per heavy atom. The Morgan fingerprint density at radius 3 is 2.56 bits per heavy atom. The number of aromatic nitrogens is 2. The second kappa shape index (κ2) is 6.40. The molecule has 0 amide bonds. The minimum absolute atomic E-state index is 0.0129. The van der Waals surface area contributed by atoms with Crippen molar-refractivity contribution in [1.82, 2.24) is 15.1 Å². The van der Waals surface area contributed by atoms with Gasteiger partial charge in [0.15, 0.2) is 11.6 Å². The van der Waals surface area contributed by atoms with Crippen LogP contribution in [0.3, 0.4) is 0 Å². The molecule has 7 heteroatoms. The molecule has 0 spiro atoms. The summed E-state index contributed by atoms with van der Waals surface area (Å²) >= 11 is 0. The van der Waals surface area contributed by atoms with E-state index in [4.69, 9.17) is 4.74 Å². The number of hydrogen-bond acceptors (Lipinski definition) is 3. The Hall–Kier alpha value is -2.54. The normalized spacial score (nSPS) is 15.6. The molecule has 130 valence electrons. The first-order valence-corrected chi connectivity index (χ1v) is 8.13. The van der Waals surface area contributed by atoms with Crippen LogP contribution in [0.4, 0.5) is 13.2 Å². The van der Waals surface area contributed by atoms with Gasteiger partial charge in [-0.2, -0.15) is 0 Å². The largest absolute Gasteiger partial charge is 0.473 e. The van der Waals surface area contributed by atoms with E-state index in [1.165, 1.54) is 22.9 Å². The molecule has 0 aliphatic carbocycles. The number of piperidine rings is 1. The fourth-order valence-electron chi connectivity index (χ4n) is 3.03. The van der Waals surface area contributed by atoms with Gasteiger partial charge in [0.2, 0.25) is 5.88 Å². The van der Waals surface area contributed by atoms with Crippen LogP contribution in [-0.4, -0.2) is 29.0 Å². The number of benzene rings is 2. The minimum Gasteiger partial charge on any atom is -0.473 e. The average molecular weight is 347 g/mol. The SMILES string of the molecule is Fc1ccc2c(c1)c(OC1CCNCC1)nn2-c1ccc(F)c(F)c1. The lowest BCUT2D eigenvalue weighted by Gasteiger charge is -2.22. The zero-order valence-corrected chi connectivity index (χ0v) is 13.3. The van der Waals surface area contributed by atoms with Crippen LogP contribution >= 0.6 is 0 Å². The highest BCUT2D eigenvalue weighted by atomic mass is 19.2. The van der Waals surface area contributed by atoms with Gasteiger partial charge < -0.3 is 10.1 Å². The van der Waals surface area contributed by atoms with Crippen molar-refractivity contribution >= 4 is 10.9 Å². The van der Waals surface area contributed by atoms with Gasteiger partial charge in [0.25, 0.3) is 0 Å². The minimum atomic E-state index is -0.968. The smallest absolute Gasteiger partial charge is 0.241 e. The van der Waals surface area contributed by atoms with Crippen molar-refractivity contribution in [2.24, 2.45) is 0 Å². The van der Waals surface area contributed by atoms with Crippen molar-refractivity contribution in [3.8, 4) is 11.6 Å². The summed E-state index contributed by atoms with van der Waals surface area (Å²) in [5.74, 6) is -2.01. The van der Waals surface area contributed by atoms with Crippen molar-refractivity contribution in [3.05, 3.63) is 53.8 Å². The monoisotopic (exact) mass is 347 g/mol. The molecule has 0 saturated carbocycles. The lowest BCUT2D eigenvalue weighted by atomic mass is 10.1. The molecule has 1 fully saturated rings. The van der Waals surface area contributed by atoms with Crippen LogP contribution in [0.5, 0.6) is 5.88 Å². The fraction of sp³-hybridized carbons (Fsp3) is 0.278. The van der Waals surface area contributed by atoms with Gasteiger partial charge in [-0.3, -0.25) is 0 Å². The van der Waals surface area contributed by atoms with Crippen LogP contribution in [0.1, 0.15) is 12.8 Å². The molecule has 3 aromatic rings. The Balaban J connectivity index is 1.80. The topological polar surface area (TPSA) is 39.1 Å². The van der Waals surface area contributed by atoms with Gasteiger partial charge in [-0.25, -0.2) is 17.9 Å². The van der Waals surface area contributed by atoms with Gasteiger partial charge in [-0.1, -0.05) is 0 Å². The predicted molar refractivity (Wildman–Crippen MR) is 87.5 cm³/mol. The van der Waals surface area contributed by atoms with E-state index in [1.807, 2.05) is 0 Å². The fourth-order valence-corrected chi connectivity index (χ4v) is 3.03. The summed E-state index contributed by atoms with van der Waals surface area (Å²) in [4.78, 5) is 0. The zero-order valence-electron chi connectivity index (χ0n) is 13.3. The maximum atomic E-state index is 13.7. The molecule has 25 heavy (non-hydrogen) atoms. The molecule has 0 bridgehead atoms. The predicted octanol–water partition coefficient (Wildman–Crippen LogP) is 3.57. The number of hydrogen-bond donors (Lipinski definition) is 1. The molecule has 4 nitrogen and oxygen atoms in total. The third kappa shape index (κ3) is 3.07. The molecule has 2 aromatic carbocycles. The molecule has 4 rings (SSSR count). The molecule has 1 saturated heterocycles. The van der Waals surface area contributed by atoms with Crippen molar-refractivity contribution in [1.29, 1.82) is 0 Å². The van der Waals surface area contributed by atoms with Gasteiger partial charge in [0, 0.05) is 6.07 Å². The van der Waals surface area contributed by atoms with Crippen LogP contribution in [0, 0.1) is 17.5 Å². The average Bonchev–Trinajstić information content (AvgIpc) is 2.96. The third-order valence-electron chi connectivity index (χ3n) is 4.32. The maximum absolute atomic E-state index is 13.7. The number of rotatable bonds is 3. The van der Waals surface area contributed by atoms with E-state index < -0.39 is 17.5 Å². The first-order chi connectivity index (χ1) is 12.1. The molecule has 1 aliphatic heterocycles. The number of fused-ring (bicyclic) bond motifs is 1. The second-order valence-corrected chi connectivity index (χ2v) is 6.04. The molecule has 2 heterocycles. The number of nitrogens with zero attached hydrogens (tertiary/aromatic N) is 2. The van der Waals surface area contributed by atoms with E-state index in [-0.39, 0.29) is 6.10 Å². The Morgan fingerprint density at radius 1 is 1.00 bits per heavy atom. The first-order valence-electron chi connectivity index (χ1n) is 8.13. The van der Waals surface area contributed by atoms with Crippen molar-refractivity contribution < 1.29 is 17.9 Å². The molecule has 0 atom stereocenters. The van der Waals surface area contributed by atoms with Crippen molar-refractivity contribution in [3.63, 3.8) is 0 Å². The van der Waals surface area contributed by atoms with E-state index in [0.717, 1.165) is 38.1 Å². The summed E-state index contributed by atoms with van der Waals surface area (Å²) in [6.45, 7) is 1.70. The van der Waals surface area contributed by atoms with Crippen LogP contribution < -0.4 is 10.1 Å². The summed E-state index contributed by atoms with van der Waals surface area (Å²) < 4.78 is 47.9. The summed E-state index contributed by atoms with van der Waals surface area (Å²) in [6.07, 6.45) is 1.64. The lowest BCUT2D eigenvalue weighted by Crippen LogP contribution is -2.34. The van der Waals surface area contributed by atoms with E-state index in [0.29, 0.717) is 22.5 Å². The van der Waals surface area contributed by atoms with Gasteiger partial charge in [0.05, 0.1) is 16.6 Å². The molecular formula is C18H16F3N3O. The molecule has 1 N–H and O–H groups in total. The van der Waals surface area contributed by atoms with Gasteiger partial charge in [0.1, 0.15) is 11.9 Å². The van der Waals surface area contributed by atoms with E-state index in [9.17, 15) is 13.2 Å². The lowest BCUT2D eigenvalue weighted by molar-refractivity contribution is 0.157. The second-order valence-electron chi connectivity index (χ2n) is 6.04. The van der Waals surface area contributed by atoms with Gasteiger partial charge >= 0.3 is 0 Å². The summed E-state index contributed by atoms with van der Waals surface area (Å²) in [5.41, 5.74) is 0.909. The zero-order chi connectivity index (χ0) is 17.4. The van der Waals surface area contributed by atoms with Gasteiger partial charge in [-0.05, 0) is 56.3 Å². The Labute approximate surface area is 142 Å². The number of nitrogens with one attached hydrogen (secondary N) is 1. The molecule has 0 unspecified atom stereocenters. The standard InChI is InChI=1S/C18H16F3N3O/c19-11-1-4-17-14(9-11)18(25-13-5-7-22-8-6-13)23-24(17)12-2-3-15(20)16(21)10-12/h1-4,9-10,13,22H,5-8H2. The van der Waals surface area contributed by atoms with E-state index >= 15 is 0 Å². The third-order valence-corrected chi connectivity index (χ3v) is 4.32. The molecular weight excluding hydrogens is 331 g/mol. The van der Waals surface area contributed by atoms with Crippen molar-refractivity contribution in [2.45, 2.75) is 18.9 Å². The van der Waals surface area contributed by atoms with E-state index in [2.05, 4.69) is 10.4 Å². The highest BCUT2D eigenvalue weighted by molar-refractivity contribution is 5.86. The molecule has 1 aliphatic rings. The summed E-state index contributed by atoms with van der Waals surface area (Å²) in [5, 5.41) is 8.13. The highest BCUT2D eigenvalue weighted by Crippen LogP contribution is 2.30. The van der Waals surface area contributed by atoms with Crippen LogP contribution in [0.2, 0.25) is 0 Å². The van der Waals surface area contributed by atoms with Gasteiger partial charge in [-0.15, -0.1) is 5.10 Å². The van der Waals surface area contributed by atoms with Crippen LogP contribution in [0.15, 0.2) is 36.4 Å². The highest BCUT2D eigenvalue weighted by Gasteiger charge is 2.20. The first kappa shape index (κ1) is 16.0. The Kier molecular flexibility index (Phi) is 4.09.